The highest BCUT2D eigenvalue weighted by Gasteiger charge is 2.33. The van der Waals surface area contributed by atoms with Crippen molar-refractivity contribution < 1.29 is 19.1 Å². The van der Waals surface area contributed by atoms with E-state index in [1.54, 1.807) is 24.3 Å². The molecule has 0 radical (unpaired) electrons. The maximum absolute atomic E-state index is 13.0. The first kappa shape index (κ1) is 19.4. The number of carbonyl (C=O) groups is 2. The van der Waals surface area contributed by atoms with Gasteiger partial charge in [-0.25, -0.2) is 0 Å². The van der Waals surface area contributed by atoms with E-state index in [1.165, 1.54) is 16.7 Å². The minimum Gasteiger partial charge on any atom is -0.485 e. The molecule has 0 saturated carbocycles. The van der Waals surface area contributed by atoms with E-state index < -0.39 is 6.10 Å². The first-order chi connectivity index (χ1) is 14.6. The molecule has 1 aromatic heterocycles. The fraction of sp³-hybridized carbons (Fsp3) is 0.250. The van der Waals surface area contributed by atoms with Crippen molar-refractivity contribution in [2.45, 2.75) is 19.3 Å². The summed E-state index contributed by atoms with van der Waals surface area (Å²) in [5, 5.41) is 14.6. The third kappa shape index (κ3) is 4.22. The zero-order valence-electron chi connectivity index (χ0n) is 16.3. The summed E-state index contributed by atoms with van der Waals surface area (Å²) in [7, 11) is 1.52. The third-order valence-corrected chi connectivity index (χ3v) is 4.50. The van der Waals surface area contributed by atoms with Crippen molar-refractivity contribution in [3.63, 3.8) is 0 Å². The van der Waals surface area contributed by atoms with E-state index in [0.717, 1.165) is 0 Å². The number of anilines is 1. The van der Waals surface area contributed by atoms with Crippen LogP contribution in [0.3, 0.4) is 0 Å². The van der Waals surface area contributed by atoms with Gasteiger partial charge in [0.15, 0.2) is 12.7 Å². The van der Waals surface area contributed by atoms with Crippen LogP contribution in [0.25, 0.3) is 0 Å². The lowest BCUT2D eigenvalue weighted by Crippen LogP contribution is -2.50. The van der Waals surface area contributed by atoms with Crippen molar-refractivity contribution >= 4 is 17.5 Å². The van der Waals surface area contributed by atoms with Crippen LogP contribution in [0.1, 0.15) is 5.82 Å². The SMILES string of the molecule is CNC(=O)[C@H]1CN(C(=O)Cn2nnc(COc3ccccc3)n2)c2ccccc2O1. The zero-order chi connectivity index (χ0) is 20.9. The second-order valence-corrected chi connectivity index (χ2v) is 6.53. The van der Waals surface area contributed by atoms with Crippen LogP contribution in [-0.4, -0.2) is 51.7 Å². The molecule has 0 aliphatic carbocycles. The lowest BCUT2D eigenvalue weighted by atomic mass is 10.1. The summed E-state index contributed by atoms with van der Waals surface area (Å²) in [6, 6.07) is 16.3. The highest BCUT2D eigenvalue weighted by atomic mass is 16.5. The molecule has 0 spiro atoms. The highest BCUT2D eigenvalue weighted by Crippen LogP contribution is 2.33. The normalized spacial score (nSPS) is 15.1. The maximum Gasteiger partial charge on any atom is 0.262 e. The number of fused-ring (bicyclic) bond motifs is 1. The van der Waals surface area contributed by atoms with Crippen molar-refractivity contribution in [1.29, 1.82) is 0 Å². The summed E-state index contributed by atoms with van der Waals surface area (Å²) >= 11 is 0. The molecular formula is C20H20N6O4. The predicted octanol–water partition coefficient (Wildman–Crippen LogP) is 0.792. The number of ether oxygens (including phenoxy) is 2. The number of aromatic nitrogens is 4. The lowest BCUT2D eigenvalue weighted by Gasteiger charge is -2.33. The van der Waals surface area contributed by atoms with E-state index in [4.69, 9.17) is 9.47 Å². The van der Waals surface area contributed by atoms with E-state index in [-0.39, 0.29) is 31.5 Å². The van der Waals surface area contributed by atoms with Gasteiger partial charge in [-0.1, -0.05) is 30.3 Å². The molecule has 2 amide bonds. The molecule has 2 heterocycles. The third-order valence-electron chi connectivity index (χ3n) is 4.50. The summed E-state index contributed by atoms with van der Waals surface area (Å²) in [6.45, 7) is 0.0959. The first-order valence-electron chi connectivity index (χ1n) is 9.36. The van der Waals surface area contributed by atoms with E-state index in [1.807, 2.05) is 30.3 Å². The molecular weight excluding hydrogens is 388 g/mol. The van der Waals surface area contributed by atoms with Gasteiger partial charge in [0.25, 0.3) is 11.8 Å². The Hall–Kier alpha value is -3.95. The molecule has 2 aromatic carbocycles. The van der Waals surface area contributed by atoms with Gasteiger partial charge in [0.05, 0.1) is 12.2 Å². The molecule has 1 atom stereocenters. The van der Waals surface area contributed by atoms with Gasteiger partial charge in [0.2, 0.25) is 5.82 Å². The molecule has 1 N–H and O–H groups in total. The molecule has 0 bridgehead atoms. The number of nitrogens with one attached hydrogen (secondary N) is 1. The maximum atomic E-state index is 13.0. The van der Waals surface area contributed by atoms with Gasteiger partial charge < -0.3 is 19.7 Å². The number of amides is 2. The quantitative estimate of drug-likeness (QED) is 0.642. The standard InChI is InChI=1S/C20H20N6O4/c1-21-20(28)17-11-25(15-9-5-6-10-16(15)30-17)19(27)12-26-23-18(22-24-26)13-29-14-7-3-2-4-8-14/h2-10,17H,11-13H2,1H3,(H,21,28)/t17-/m1/s1. The zero-order valence-corrected chi connectivity index (χ0v) is 16.3. The van der Waals surface area contributed by atoms with Crippen LogP contribution in [0.15, 0.2) is 54.6 Å². The van der Waals surface area contributed by atoms with E-state index in [2.05, 4.69) is 20.7 Å². The number of tetrazole rings is 1. The van der Waals surface area contributed by atoms with Gasteiger partial charge in [-0.15, -0.1) is 10.2 Å². The van der Waals surface area contributed by atoms with Gasteiger partial charge in [-0.3, -0.25) is 9.59 Å². The van der Waals surface area contributed by atoms with Crippen molar-refractivity contribution in [3.05, 3.63) is 60.4 Å². The van der Waals surface area contributed by atoms with Crippen LogP contribution in [0.2, 0.25) is 0 Å². The van der Waals surface area contributed by atoms with Crippen molar-refractivity contribution in [1.82, 2.24) is 25.5 Å². The second-order valence-electron chi connectivity index (χ2n) is 6.53. The number of rotatable bonds is 6. The molecule has 154 valence electrons. The largest absolute Gasteiger partial charge is 0.485 e. The fourth-order valence-electron chi connectivity index (χ4n) is 3.04. The van der Waals surface area contributed by atoms with E-state index >= 15 is 0 Å². The van der Waals surface area contributed by atoms with Crippen molar-refractivity contribution in [2.75, 3.05) is 18.5 Å². The van der Waals surface area contributed by atoms with Gasteiger partial charge >= 0.3 is 0 Å². The molecule has 1 aliphatic heterocycles. The van der Waals surface area contributed by atoms with Crippen LogP contribution in [0.4, 0.5) is 5.69 Å². The lowest BCUT2D eigenvalue weighted by molar-refractivity contribution is -0.128. The van der Waals surface area contributed by atoms with Crippen LogP contribution >= 0.6 is 0 Å². The first-order valence-corrected chi connectivity index (χ1v) is 9.36. The number of likely N-dealkylation sites (N-methyl/N-ethyl adjacent to an activating group) is 1. The molecule has 10 nitrogen and oxygen atoms in total. The summed E-state index contributed by atoms with van der Waals surface area (Å²) in [4.78, 5) is 27.7. The Bertz CT molecular complexity index is 1040. The number of para-hydroxylation sites is 3. The van der Waals surface area contributed by atoms with Gasteiger partial charge in [-0.2, -0.15) is 4.80 Å². The number of hydrogen-bond acceptors (Lipinski definition) is 7. The second kappa shape index (κ2) is 8.60. The predicted molar refractivity (Wildman–Crippen MR) is 106 cm³/mol. The Kier molecular flexibility index (Phi) is 5.55. The van der Waals surface area contributed by atoms with Crippen LogP contribution in [0, 0.1) is 0 Å². The highest BCUT2D eigenvalue weighted by molar-refractivity contribution is 5.97. The van der Waals surface area contributed by atoms with Gasteiger partial charge in [0, 0.05) is 7.05 Å². The summed E-state index contributed by atoms with van der Waals surface area (Å²) in [5.41, 5.74) is 0.593. The van der Waals surface area contributed by atoms with Gasteiger partial charge in [0.1, 0.15) is 18.0 Å². The van der Waals surface area contributed by atoms with E-state index in [9.17, 15) is 9.59 Å². The Labute approximate surface area is 172 Å². The minimum absolute atomic E-state index is 0.0915. The summed E-state index contributed by atoms with van der Waals surface area (Å²) < 4.78 is 11.3. The smallest absolute Gasteiger partial charge is 0.262 e. The molecule has 0 unspecified atom stereocenters. The van der Waals surface area contributed by atoms with Crippen LogP contribution < -0.4 is 19.7 Å². The van der Waals surface area contributed by atoms with Crippen LogP contribution in [0.5, 0.6) is 11.5 Å². The number of benzene rings is 2. The summed E-state index contributed by atoms with van der Waals surface area (Å²) in [6.07, 6.45) is -0.799. The van der Waals surface area contributed by atoms with Crippen molar-refractivity contribution in [2.24, 2.45) is 0 Å². The van der Waals surface area contributed by atoms with Gasteiger partial charge in [-0.05, 0) is 29.5 Å². The number of nitrogens with zero attached hydrogens (tertiary/aromatic N) is 5. The molecule has 3 aromatic rings. The average Bonchev–Trinajstić information content (AvgIpc) is 3.24. The van der Waals surface area contributed by atoms with Crippen LogP contribution in [-0.2, 0) is 22.7 Å². The molecule has 30 heavy (non-hydrogen) atoms. The average molecular weight is 408 g/mol. The summed E-state index contributed by atoms with van der Waals surface area (Å²) in [5.74, 6) is 0.927. The Balaban J connectivity index is 1.44. The monoisotopic (exact) mass is 408 g/mol. The Morgan fingerprint density at radius 2 is 1.93 bits per heavy atom. The molecule has 10 heteroatoms. The molecule has 0 fully saturated rings. The molecule has 1 aliphatic rings. The van der Waals surface area contributed by atoms with E-state index in [0.29, 0.717) is 23.0 Å². The Morgan fingerprint density at radius 1 is 1.17 bits per heavy atom. The number of carbonyl (C=O) groups excluding carboxylic acids is 2. The minimum atomic E-state index is -0.799. The molecule has 0 saturated heterocycles. The fourth-order valence-corrected chi connectivity index (χ4v) is 3.04. The van der Waals surface area contributed by atoms with Crippen molar-refractivity contribution in [3.8, 4) is 11.5 Å². The number of hydrogen-bond donors (Lipinski definition) is 1. The topological polar surface area (TPSA) is 111 Å². The molecule has 4 rings (SSSR count). The Morgan fingerprint density at radius 3 is 2.73 bits per heavy atom.